The summed E-state index contributed by atoms with van der Waals surface area (Å²) in [5, 5.41) is 9.68. The van der Waals surface area contributed by atoms with Gasteiger partial charge in [-0.1, -0.05) is 0 Å². The lowest BCUT2D eigenvalue weighted by atomic mass is 10.1. The first-order valence-corrected chi connectivity index (χ1v) is 9.89. The molecule has 1 aromatic heterocycles. The van der Waals surface area contributed by atoms with Crippen molar-refractivity contribution in [1.29, 1.82) is 5.26 Å². The number of nitriles is 1. The molecule has 158 valence electrons. The van der Waals surface area contributed by atoms with E-state index in [4.69, 9.17) is 10.00 Å². The van der Waals surface area contributed by atoms with E-state index < -0.39 is 11.7 Å². The first-order valence-electron chi connectivity index (χ1n) is 9.89. The minimum Gasteiger partial charge on any atom is -0.488 e. The van der Waals surface area contributed by atoms with Crippen LogP contribution < -0.4 is 4.74 Å². The van der Waals surface area contributed by atoms with Gasteiger partial charge in [0.25, 0.3) is 0 Å². The number of benzene rings is 1. The van der Waals surface area contributed by atoms with Crippen molar-refractivity contribution in [3.8, 4) is 11.8 Å². The fourth-order valence-corrected chi connectivity index (χ4v) is 4.10. The van der Waals surface area contributed by atoms with Crippen molar-refractivity contribution in [3.05, 3.63) is 36.0 Å². The lowest BCUT2D eigenvalue weighted by Crippen LogP contribution is -2.42. The summed E-state index contributed by atoms with van der Waals surface area (Å²) >= 11 is 0. The number of hydrogen-bond donors (Lipinski definition) is 0. The molecule has 2 aromatic rings. The van der Waals surface area contributed by atoms with E-state index in [1.807, 2.05) is 4.90 Å². The number of likely N-dealkylation sites (tertiary alicyclic amines) is 2. The van der Waals surface area contributed by atoms with E-state index in [0.29, 0.717) is 37.2 Å². The summed E-state index contributed by atoms with van der Waals surface area (Å²) in [4.78, 5) is 20.2. The molecule has 0 N–H and O–H groups in total. The lowest BCUT2D eigenvalue weighted by Gasteiger charge is -2.23. The Morgan fingerprint density at radius 3 is 2.87 bits per heavy atom. The average Bonchev–Trinajstić information content (AvgIpc) is 3.36. The smallest absolute Gasteiger partial charge is 0.416 e. The first-order chi connectivity index (χ1) is 14.3. The van der Waals surface area contributed by atoms with Gasteiger partial charge in [0.05, 0.1) is 23.7 Å². The number of ether oxygens (including phenoxy) is 1. The fraction of sp³-hybridized carbons (Fsp3) is 0.476. The number of aromatic nitrogens is 1. The third-order valence-electron chi connectivity index (χ3n) is 5.63. The lowest BCUT2D eigenvalue weighted by molar-refractivity contribution is -0.137. The van der Waals surface area contributed by atoms with Gasteiger partial charge in [-0.05, 0) is 43.5 Å². The van der Waals surface area contributed by atoms with Crippen molar-refractivity contribution < 1.29 is 22.7 Å². The molecule has 30 heavy (non-hydrogen) atoms. The molecular weight excluding hydrogens is 397 g/mol. The summed E-state index contributed by atoms with van der Waals surface area (Å²) < 4.78 is 44.9. The maximum absolute atomic E-state index is 12.9. The Kier molecular flexibility index (Phi) is 5.52. The predicted molar refractivity (Wildman–Crippen MR) is 103 cm³/mol. The number of alkyl halides is 3. The summed E-state index contributed by atoms with van der Waals surface area (Å²) in [5.41, 5.74) is -0.522. The third-order valence-corrected chi connectivity index (χ3v) is 5.63. The van der Waals surface area contributed by atoms with Gasteiger partial charge in [0.1, 0.15) is 17.9 Å². The van der Waals surface area contributed by atoms with Crippen molar-refractivity contribution in [3.63, 3.8) is 0 Å². The van der Waals surface area contributed by atoms with Crippen LogP contribution in [0.4, 0.5) is 13.2 Å². The molecule has 2 atom stereocenters. The second-order valence-corrected chi connectivity index (χ2v) is 7.68. The Morgan fingerprint density at radius 2 is 2.10 bits per heavy atom. The zero-order valence-electron chi connectivity index (χ0n) is 16.2. The van der Waals surface area contributed by atoms with E-state index in [1.54, 1.807) is 11.0 Å². The zero-order valence-corrected chi connectivity index (χ0v) is 16.2. The van der Waals surface area contributed by atoms with Crippen LogP contribution in [0.3, 0.4) is 0 Å². The molecule has 0 saturated carbocycles. The maximum atomic E-state index is 12.9. The summed E-state index contributed by atoms with van der Waals surface area (Å²) in [6.07, 6.45) is -0.885. The fourth-order valence-electron chi connectivity index (χ4n) is 4.10. The molecule has 0 spiro atoms. The van der Waals surface area contributed by atoms with Gasteiger partial charge in [-0.2, -0.15) is 18.4 Å². The number of fused-ring (bicyclic) bond motifs is 1. The Balaban J connectivity index is 1.40. The van der Waals surface area contributed by atoms with Crippen LogP contribution in [0.25, 0.3) is 10.9 Å². The molecular formula is C21H21F3N4O2. The molecule has 0 radical (unpaired) electrons. The van der Waals surface area contributed by atoms with Gasteiger partial charge in [0.2, 0.25) is 5.91 Å². The highest BCUT2D eigenvalue weighted by Crippen LogP contribution is 2.34. The third kappa shape index (κ3) is 4.19. The van der Waals surface area contributed by atoms with E-state index in [2.05, 4.69) is 11.1 Å². The number of nitrogens with zero attached hydrogens (tertiary/aromatic N) is 4. The van der Waals surface area contributed by atoms with Crippen LogP contribution in [0.1, 0.15) is 24.8 Å². The van der Waals surface area contributed by atoms with Gasteiger partial charge in [-0.15, -0.1) is 0 Å². The van der Waals surface area contributed by atoms with E-state index >= 15 is 0 Å². The van der Waals surface area contributed by atoms with E-state index in [0.717, 1.165) is 25.0 Å². The molecule has 6 nitrogen and oxygen atoms in total. The summed E-state index contributed by atoms with van der Waals surface area (Å²) in [5.74, 6) is 0.435. The number of carbonyl (C=O) groups is 1. The van der Waals surface area contributed by atoms with Crippen LogP contribution in [0.5, 0.6) is 5.75 Å². The van der Waals surface area contributed by atoms with Crippen LogP contribution in [0, 0.1) is 11.3 Å². The normalized spacial score (nSPS) is 22.4. The van der Waals surface area contributed by atoms with Gasteiger partial charge in [-0.3, -0.25) is 14.7 Å². The van der Waals surface area contributed by atoms with Crippen LogP contribution >= 0.6 is 0 Å². The van der Waals surface area contributed by atoms with Crippen LogP contribution in [0.2, 0.25) is 0 Å². The van der Waals surface area contributed by atoms with Gasteiger partial charge < -0.3 is 9.64 Å². The predicted octanol–water partition coefficient (Wildman–Crippen LogP) is 3.22. The van der Waals surface area contributed by atoms with Crippen molar-refractivity contribution in [2.24, 2.45) is 0 Å². The SMILES string of the molecule is N#C[C@@H]1CCCN1C(=O)CN1CC[C@H](Oc2ccnc3cc(C(F)(F)F)ccc23)C1. The Morgan fingerprint density at radius 1 is 1.27 bits per heavy atom. The molecule has 4 rings (SSSR count). The number of carbonyl (C=O) groups excluding carboxylic acids is 1. The first kappa shape index (κ1) is 20.4. The van der Waals surface area contributed by atoms with Gasteiger partial charge in [0.15, 0.2) is 0 Å². The number of hydrogen-bond acceptors (Lipinski definition) is 5. The van der Waals surface area contributed by atoms with Crippen LogP contribution in [-0.2, 0) is 11.0 Å². The molecule has 2 aliphatic rings. The van der Waals surface area contributed by atoms with Crippen molar-refractivity contribution in [2.45, 2.75) is 37.6 Å². The molecule has 0 bridgehead atoms. The minimum absolute atomic E-state index is 0.0475. The molecule has 2 saturated heterocycles. The quantitative estimate of drug-likeness (QED) is 0.763. The molecule has 2 aliphatic heterocycles. The summed E-state index contributed by atoms with van der Waals surface area (Å²) in [6, 6.07) is 6.91. The Hall–Kier alpha value is -2.86. The number of pyridine rings is 1. The monoisotopic (exact) mass is 418 g/mol. The van der Waals surface area contributed by atoms with Gasteiger partial charge in [0, 0.05) is 31.2 Å². The Bertz CT molecular complexity index is 988. The van der Waals surface area contributed by atoms with Crippen molar-refractivity contribution >= 4 is 16.8 Å². The number of rotatable bonds is 4. The molecule has 1 aromatic carbocycles. The molecule has 9 heteroatoms. The highest BCUT2D eigenvalue weighted by Gasteiger charge is 2.33. The molecule has 0 aliphatic carbocycles. The Labute approximate surface area is 171 Å². The van der Waals surface area contributed by atoms with Crippen LogP contribution in [0.15, 0.2) is 30.5 Å². The highest BCUT2D eigenvalue weighted by molar-refractivity contribution is 5.85. The highest BCUT2D eigenvalue weighted by atomic mass is 19.4. The minimum atomic E-state index is -4.43. The summed E-state index contributed by atoms with van der Waals surface area (Å²) in [7, 11) is 0. The second-order valence-electron chi connectivity index (χ2n) is 7.68. The zero-order chi connectivity index (χ0) is 21.3. The molecule has 1 amide bonds. The maximum Gasteiger partial charge on any atom is 0.416 e. The summed E-state index contributed by atoms with van der Waals surface area (Å²) in [6.45, 7) is 2.09. The molecule has 3 heterocycles. The van der Waals surface area contributed by atoms with E-state index in [1.165, 1.54) is 12.3 Å². The standard InChI is InChI=1S/C21H21F3N4O2/c22-21(23,24)14-3-4-17-18(10-14)26-7-5-19(17)30-16-6-9-27(12-16)13-20(29)28-8-1-2-15(28)11-25/h3-5,7,10,15-16H,1-2,6,8-9,12-13H2/t15-,16-/m0/s1. The van der Waals surface area contributed by atoms with Gasteiger partial charge >= 0.3 is 6.18 Å². The van der Waals surface area contributed by atoms with Crippen LogP contribution in [-0.4, -0.2) is 59.0 Å². The van der Waals surface area contributed by atoms with Gasteiger partial charge in [-0.25, -0.2) is 0 Å². The average molecular weight is 418 g/mol. The molecule has 0 unspecified atom stereocenters. The number of amides is 1. The van der Waals surface area contributed by atoms with E-state index in [-0.39, 0.29) is 30.1 Å². The number of halogens is 3. The van der Waals surface area contributed by atoms with Crippen molar-refractivity contribution in [1.82, 2.24) is 14.8 Å². The largest absolute Gasteiger partial charge is 0.488 e. The van der Waals surface area contributed by atoms with Crippen molar-refractivity contribution in [2.75, 3.05) is 26.2 Å². The molecule has 2 fully saturated rings. The van der Waals surface area contributed by atoms with E-state index in [9.17, 15) is 18.0 Å². The topological polar surface area (TPSA) is 69.5 Å². The second kappa shape index (κ2) is 8.11.